The monoisotopic (exact) mass is 388 g/mol. The van der Waals surface area contributed by atoms with Gasteiger partial charge in [-0.25, -0.2) is 0 Å². The second-order valence-electron chi connectivity index (χ2n) is 9.09. The van der Waals surface area contributed by atoms with Crippen LogP contribution in [0.15, 0.2) is 73.1 Å². The Hall–Kier alpha value is -2.52. The Bertz CT molecular complexity index is 1010. The van der Waals surface area contributed by atoms with Crippen molar-refractivity contribution in [1.82, 2.24) is 9.13 Å². The minimum absolute atomic E-state index is 0.229. The lowest BCUT2D eigenvalue weighted by molar-refractivity contribution is 0.0666. The molecule has 29 heavy (non-hydrogen) atoms. The predicted molar refractivity (Wildman–Crippen MR) is 122 cm³/mol. The van der Waals surface area contributed by atoms with Crippen LogP contribution in [0, 0.1) is 5.92 Å². The Balaban J connectivity index is 1.66. The highest BCUT2D eigenvalue weighted by atomic mass is 16.3. The predicted octanol–water partition coefficient (Wildman–Crippen LogP) is 6.61. The normalized spacial score (nSPS) is 13.6. The van der Waals surface area contributed by atoms with Gasteiger partial charge in [0, 0.05) is 23.4 Å². The highest BCUT2D eigenvalue weighted by Crippen LogP contribution is 2.31. The summed E-state index contributed by atoms with van der Waals surface area (Å²) in [6, 6.07) is 21.7. The number of aliphatic hydroxyl groups is 1. The van der Waals surface area contributed by atoms with Crippen molar-refractivity contribution < 1.29 is 5.11 Å². The van der Waals surface area contributed by atoms with E-state index in [9.17, 15) is 5.11 Å². The Morgan fingerprint density at radius 3 is 1.86 bits per heavy atom. The van der Waals surface area contributed by atoms with E-state index in [1.165, 1.54) is 21.8 Å². The van der Waals surface area contributed by atoms with Gasteiger partial charge in [-0.1, -0.05) is 56.2 Å². The van der Waals surface area contributed by atoms with Gasteiger partial charge in [0.25, 0.3) is 0 Å². The number of rotatable bonds is 8. The van der Waals surface area contributed by atoms with E-state index >= 15 is 0 Å². The summed E-state index contributed by atoms with van der Waals surface area (Å²) in [5.41, 5.74) is 1.98. The van der Waals surface area contributed by atoms with Gasteiger partial charge in [0.1, 0.15) is 6.17 Å². The molecule has 0 bridgehead atoms. The molecule has 1 atom stereocenters. The minimum atomic E-state index is -0.577. The molecule has 3 heteroatoms. The number of nitrogens with zero attached hydrogens (tertiary/aromatic N) is 2. The molecule has 0 unspecified atom stereocenters. The first-order valence-corrected chi connectivity index (χ1v) is 10.8. The summed E-state index contributed by atoms with van der Waals surface area (Å²) in [4.78, 5) is 0. The third kappa shape index (κ3) is 4.40. The Morgan fingerprint density at radius 2 is 1.34 bits per heavy atom. The highest BCUT2D eigenvalue weighted by molar-refractivity contribution is 5.81. The van der Waals surface area contributed by atoms with E-state index in [0.717, 1.165) is 25.7 Å². The fraction of sp³-hybridized carbons (Fsp3) is 0.385. The third-order valence-corrected chi connectivity index (χ3v) is 6.00. The summed E-state index contributed by atoms with van der Waals surface area (Å²) in [5.74, 6) is 0.560. The number of hydrogen-bond acceptors (Lipinski definition) is 1. The largest absolute Gasteiger partial charge is 0.390 e. The van der Waals surface area contributed by atoms with Gasteiger partial charge in [-0.2, -0.15) is 0 Å². The molecule has 0 aliphatic carbocycles. The van der Waals surface area contributed by atoms with Crippen molar-refractivity contribution in [2.24, 2.45) is 5.92 Å². The molecular formula is C26H32N2O. The van der Waals surface area contributed by atoms with Crippen LogP contribution in [-0.4, -0.2) is 19.8 Å². The second kappa shape index (κ2) is 8.08. The van der Waals surface area contributed by atoms with Crippen molar-refractivity contribution in [3.05, 3.63) is 73.1 Å². The fourth-order valence-electron chi connectivity index (χ4n) is 4.45. The molecular weight excluding hydrogens is 356 g/mol. The maximum atomic E-state index is 10.0. The van der Waals surface area contributed by atoms with E-state index < -0.39 is 5.60 Å². The van der Waals surface area contributed by atoms with Crippen LogP contribution < -0.4 is 0 Å². The average Bonchev–Trinajstić information content (AvgIpc) is 3.30. The quantitative estimate of drug-likeness (QED) is 0.362. The van der Waals surface area contributed by atoms with E-state index in [-0.39, 0.29) is 6.17 Å². The van der Waals surface area contributed by atoms with E-state index in [2.05, 4.69) is 89.1 Å². The zero-order valence-corrected chi connectivity index (χ0v) is 17.8. The van der Waals surface area contributed by atoms with Gasteiger partial charge in [0.05, 0.1) is 5.60 Å². The van der Waals surface area contributed by atoms with Crippen LogP contribution in [0.2, 0.25) is 0 Å². The van der Waals surface area contributed by atoms with Crippen molar-refractivity contribution in [1.29, 1.82) is 0 Å². The van der Waals surface area contributed by atoms with Crippen molar-refractivity contribution in [2.45, 2.75) is 58.2 Å². The maximum Gasteiger partial charge on any atom is 0.110 e. The molecule has 2 aromatic heterocycles. The zero-order chi connectivity index (χ0) is 20.4. The van der Waals surface area contributed by atoms with E-state index in [1.54, 1.807) is 0 Å². The lowest BCUT2D eigenvalue weighted by atomic mass is 9.94. The van der Waals surface area contributed by atoms with Crippen molar-refractivity contribution >= 4 is 21.8 Å². The Kier molecular flexibility index (Phi) is 5.51. The summed E-state index contributed by atoms with van der Waals surface area (Å²) in [6.07, 6.45) is 8.77. The molecule has 0 saturated heterocycles. The molecule has 0 amide bonds. The lowest BCUT2D eigenvalue weighted by Gasteiger charge is -2.27. The summed E-state index contributed by atoms with van der Waals surface area (Å²) in [6.45, 7) is 6.14. The van der Waals surface area contributed by atoms with Gasteiger partial charge in [-0.05, 0) is 67.6 Å². The first kappa shape index (κ1) is 19.8. The molecule has 0 aliphatic rings. The lowest BCUT2D eigenvalue weighted by Crippen LogP contribution is -2.21. The highest BCUT2D eigenvalue weighted by Gasteiger charge is 2.20. The molecule has 0 fully saturated rings. The molecule has 2 aromatic carbocycles. The second-order valence-corrected chi connectivity index (χ2v) is 9.09. The minimum Gasteiger partial charge on any atom is -0.390 e. The van der Waals surface area contributed by atoms with Gasteiger partial charge in [0.2, 0.25) is 0 Å². The van der Waals surface area contributed by atoms with Gasteiger partial charge < -0.3 is 14.2 Å². The van der Waals surface area contributed by atoms with E-state index in [1.807, 2.05) is 13.8 Å². The van der Waals surface area contributed by atoms with Crippen LogP contribution in [0.25, 0.3) is 21.8 Å². The number of fused-ring (bicyclic) bond motifs is 2. The standard InChI is InChI=1S/C26H32N2O/c1-20(9-8-16-26(2,3)29)19-25(27-17-14-21-10-4-6-12-23(21)27)28-18-15-22-11-5-7-13-24(22)28/h4-7,10-15,17-18,20,25,29H,8-9,16,19H2,1-3H3/t20-/m1/s1. The Morgan fingerprint density at radius 1 is 0.828 bits per heavy atom. The van der Waals surface area contributed by atoms with Gasteiger partial charge >= 0.3 is 0 Å². The molecule has 0 saturated carbocycles. The zero-order valence-electron chi connectivity index (χ0n) is 17.8. The smallest absolute Gasteiger partial charge is 0.110 e. The number of aromatic nitrogens is 2. The first-order valence-electron chi connectivity index (χ1n) is 10.8. The molecule has 0 spiro atoms. The average molecular weight is 389 g/mol. The van der Waals surface area contributed by atoms with Gasteiger partial charge in [-0.15, -0.1) is 0 Å². The van der Waals surface area contributed by atoms with Crippen molar-refractivity contribution in [3.8, 4) is 0 Å². The summed E-state index contributed by atoms with van der Waals surface area (Å²) in [7, 11) is 0. The van der Waals surface area contributed by atoms with Crippen LogP contribution in [0.4, 0.5) is 0 Å². The molecule has 0 radical (unpaired) electrons. The van der Waals surface area contributed by atoms with Crippen LogP contribution >= 0.6 is 0 Å². The summed E-state index contributed by atoms with van der Waals surface area (Å²) >= 11 is 0. The molecule has 2 heterocycles. The number of hydrogen-bond donors (Lipinski definition) is 1. The molecule has 3 nitrogen and oxygen atoms in total. The topological polar surface area (TPSA) is 30.1 Å². The molecule has 4 rings (SSSR count). The molecule has 0 aliphatic heterocycles. The summed E-state index contributed by atoms with van der Waals surface area (Å²) < 4.78 is 4.85. The van der Waals surface area contributed by atoms with Crippen molar-refractivity contribution in [3.63, 3.8) is 0 Å². The van der Waals surface area contributed by atoms with Gasteiger partial charge in [0.15, 0.2) is 0 Å². The first-order chi connectivity index (χ1) is 13.9. The molecule has 152 valence electrons. The fourth-order valence-corrected chi connectivity index (χ4v) is 4.45. The number of benzene rings is 2. The maximum absolute atomic E-state index is 10.0. The SMILES string of the molecule is C[C@H](CCCC(C)(C)O)CC(n1ccc2ccccc21)n1ccc2ccccc21. The van der Waals surface area contributed by atoms with Crippen LogP contribution in [0.1, 0.15) is 52.6 Å². The third-order valence-electron chi connectivity index (χ3n) is 6.00. The van der Waals surface area contributed by atoms with E-state index in [0.29, 0.717) is 5.92 Å². The molecule has 4 aromatic rings. The van der Waals surface area contributed by atoms with Gasteiger partial charge in [-0.3, -0.25) is 0 Å². The summed E-state index contributed by atoms with van der Waals surface area (Å²) in [5, 5.41) is 12.6. The van der Waals surface area contributed by atoms with Crippen LogP contribution in [0.3, 0.4) is 0 Å². The van der Waals surface area contributed by atoms with Crippen LogP contribution in [0.5, 0.6) is 0 Å². The van der Waals surface area contributed by atoms with E-state index in [4.69, 9.17) is 0 Å². The van der Waals surface area contributed by atoms with Crippen LogP contribution in [-0.2, 0) is 0 Å². The Labute approximate surface area is 173 Å². The molecule has 1 N–H and O–H groups in total. The van der Waals surface area contributed by atoms with Crippen molar-refractivity contribution in [2.75, 3.05) is 0 Å². The number of para-hydroxylation sites is 2.